The van der Waals surface area contributed by atoms with E-state index in [9.17, 15) is 8.42 Å². The van der Waals surface area contributed by atoms with Gasteiger partial charge in [-0.3, -0.25) is 4.72 Å². The van der Waals surface area contributed by atoms with Crippen molar-refractivity contribution in [2.24, 2.45) is 0 Å². The summed E-state index contributed by atoms with van der Waals surface area (Å²) in [5, 5.41) is 0. The zero-order valence-corrected chi connectivity index (χ0v) is 14.2. The molecular formula is C17H21N3O2S. The predicted octanol–water partition coefficient (Wildman–Crippen LogP) is 3.10. The van der Waals surface area contributed by atoms with Gasteiger partial charge in [0.2, 0.25) is 0 Å². The lowest BCUT2D eigenvalue weighted by molar-refractivity contribution is 0.600. The number of nitrogens with one attached hydrogen (secondary N) is 1. The van der Waals surface area contributed by atoms with E-state index in [1.54, 1.807) is 25.3 Å². The summed E-state index contributed by atoms with van der Waals surface area (Å²) in [5.41, 5.74) is 2.12. The highest BCUT2D eigenvalue weighted by Gasteiger charge is 2.18. The van der Waals surface area contributed by atoms with Gasteiger partial charge in [-0.25, -0.2) is 13.4 Å². The molecule has 0 saturated carbocycles. The molecule has 0 atom stereocenters. The van der Waals surface area contributed by atoms with E-state index in [0.717, 1.165) is 30.0 Å². The number of pyridine rings is 1. The first-order valence-electron chi connectivity index (χ1n) is 7.77. The van der Waals surface area contributed by atoms with Crippen LogP contribution in [0.3, 0.4) is 0 Å². The Labute approximate surface area is 137 Å². The zero-order valence-electron chi connectivity index (χ0n) is 13.4. The zero-order chi connectivity index (χ0) is 16.4. The lowest BCUT2D eigenvalue weighted by Crippen LogP contribution is -2.19. The van der Waals surface area contributed by atoms with Crippen molar-refractivity contribution in [1.29, 1.82) is 0 Å². The van der Waals surface area contributed by atoms with Crippen molar-refractivity contribution >= 4 is 21.5 Å². The first-order chi connectivity index (χ1) is 11.0. The van der Waals surface area contributed by atoms with Crippen molar-refractivity contribution in [3.63, 3.8) is 0 Å². The second kappa shape index (κ2) is 6.20. The van der Waals surface area contributed by atoms with Gasteiger partial charge in [0.05, 0.1) is 16.8 Å². The number of aromatic nitrogens is 1. The monoisotopic (exact) mass is 331 g/mol. The van der Waals surface area contributed by atoms with E-state index >= 15 is 0 Å². The van der Waals surface area contributed by atoms with Gasteiger partial charge >= 0.3 is 0 Å². The fourth-order valence-electron chi connectivity index (χ4n) is 2.79. The molecule has 2 aromatic rings. The average Bonchev–Trinajstić information content (AvgIpc) is 3.04. The van der Waals surface area contributed by atoms with Gasteiger partial charge in [-0.2, -0.15) is 0 Å². The summed E-state index contributed by atoms with van der Waals surface area (Å²) in [6.07, 6.45) is 3.95. The van der Waals surface area contributed by atoms with Gasteiger partial charge in [-0.1, -0.05) is 12.1 Å². The number of hydrogen-bond donors (Lipinski definition) is 1. The van der Waals surface area contributed by atoms with E-state index in [4.69, 9.17) is 0 Å². The maximum atomic E-state index is 12.6. The molecule has 5 nitrogen and oxygen atoms in total. The predicted molar refractivity (Wildman–Crippen MR) is 92.4 cm³/mol. The molecule has 1 saturated heterocycles. The maximum Gasteiger partial charge on any atom is 0.262 e. The van der Waals surface area contributed by atoms with Gasteiger partial charge in [0, 0.05) is 13.1 Å². The van der Waals surface area contributed by atoms with Crippen LogP contribution in [-0.4, -0.2) is 26.5 Å². The normalized spacial score (nSPS) is 15.0. The van der Waals surface area contributed by atoms with E-state index < -0.39 is 10.0 Å². The number of benzene rings is 1. The van der Waals surface area contributed by atoms with Crippen LogP contribution in [0, 0.1) is 13.8 Å². The first-order valence-corrected chi connectivity index (χ1v) is 9.25. The molecule has 122 valence electrons. The van der Waals surface area contributed by atoms with Gasteiger partial charge in [0.1, 0.15) is 5.82 Å². The molecule has 1 fully saturated rings. The van der Waals surface area contributed by atoms with Crippen LogP contribution in [0.25, 0.3) is 0 Å². The molecule has 0 aliphatic carbocycles. The lowest BCUT2D eigenvalue weighted by atomic mass is 10.2. The third kappa shape index (κ3) is 3.47. The average molecular weight is 331 g/mol. The fraction of sp³-hybridized carbons (Fsp3) is 0.353. The summed E-state index contributed by atoms with van der Waals surface area (Å²) in [5.74, 6) is 0.900. The minimum atomic E-state index is -3.60. The van der Waals surface area contributed by atoms with E-state index in [0.29, 0.717) is 10.6 Å². The van der Waals surface area contributed by atoms with Gasteiger partial charge < -0.3 is 4.90 Å². The summed E-state index contributed by atoms with van der Waals surface area (Å²) in [4.78, 5) is 6.90. The summed E-state index contributed by atoms with van der Waals surface area (Å²) in [6, 6.07) is 9.04. The van der Waals surface area contributed by atoms with Crippen LogP contribution in [0.2, 0.25) is 0 Å². The van der Waals surface area contributed by atoms with Gasteiger partial charge in [-0.15, -0.1) is 0 Å². The summed E-state index contributed by atoms with van der Waals surface area (Å²) < 4.78 is 27.7. The van der Waals surface area contributed by atoms with Crippen molar-refractivity contribution in [2.45, 2.75) is 31.6 Å². The molecule has 3 rings (SSSR count). The van der Waals surface area contributed by atoms with Gasteiger partial charge in [0.15, 0.2) is 0 Å². The molecule has 0 bridgehead atoms. The minimum absolute atomic E-state index is 0.307. The minimum Gasteiger partial charge on any atom is -0.357 e. The quantitative estimate of drug-likeness (QED) is 0.935. The largest absolute Gasteiger partial charge is 0.357 e. The van der Waals surface area contributed by atoms with Crippen molar-refractivity contribution in [3.8, 4) is 0 Å². The number of anilines is 2. The summed E-state index contributed by atoms with van der Waals surface area (Å²) in [6.45, 7) is 5.70. The van der Waals surface area contributed by atoms with Crippen molar-refractivity contribution in [2.75, 3.05) is 22.7 Å². The smallest absolute Gasteiger partial charge is 0.262 e. The fourth-order valence-corrected chi connectivity index (χ4v) is 4.16. The van der Waals surface area contributed by atoms with Crippen molar-refractivity contribution in [1.82, 2.24) is 4.98 Å². The number of rotatable bonds is 4. The number of nitrogens with zero attached hydrogens (tertiary/aromatic N) is 2. The molecule has 1 aromatic carbocycles. The molecule has 1 aromatic heterocycles. The molecule has 1 N–H and O–H groups in total. The van der Waals surface area contributed by atoms with Crippen LogP contribution in [0.4, 0.5) is 11.5 Å². The molecule has 0 unspecified atom stereocenters. The first kappa shape index (κ1) is 15.8. The highest BCUT2D eigenvalue weighted by atomic mass is 32.2. The Bertz CT molecular complexity index is 795. The Balaban J connectivity index is 1.81. The second-order valence-electron chi connectivity index (χ2n) is 5.97. The third-order valence-corrected chi connectivity index (χ3v) is 5.59. The molecule has 0 amide bonds. The van der Waals surface area contributed by atoms with E-state index in [-0.39, 0.29) is 0 Å². The summed E-state index contributed by atoms with van der Waals surface area (Å²) in [7, 11) is -3.60. The lowest BCUT2D eigenvalue weighted by Gasteiger charge is -2.16. The number of hydrogen-bond acceptors (Lipinski definition) is 4. The topological polar surface area (TPSA) is 62.3 Å². The van der Waals surface area contributed by atoms with Crippen LogP contribution in [0.5, 0.6) is 0 Å². The number of sulfonamides is 1. The van der Waals surface area contributed by atoms with Crippen molar-refractivity contribution in [3.05, 3.63) is 47.7 Å². The third-order valence-electron chi connectivity index (χ3n) is 4.06. The SMILES string of the molecule is Cc1ccc(C)c(S(=O)(=O)Nc2ccc(N3CCCC3)nc2)c1. The molecule has 2 heterocycles. The Kier molecular flexibility index (Phi) is 4.26. The molecule has 0 radical (unpaired) electrons. The summed E-state index contributed by atoms with van der Waals surface area (Å²) >= 11 is 0. The Morgan fingerprint density at radius 3 is 2.48 bits per heavy atom. The Morgan fingerprint density at radius 1 is 1.09 bits per heavy atom. The van der Waals surface area contributed by atoms with Crippen LogP contribution < -0.4 is 9.62 Å². The molecule has 1 aliphatic heterocycles. The highest BCUT2D eigenvalue weighted by Crippen LogP contribution is 2.22. The van der Waals surface area contributed by atoms with E-state index in [1.165, 1.54) is 12.8 Å². The molecular weight excluding hydrogens is 310 g/mol. The Morgan fingerprint density at radius 2 is 1.83 bits per heavy atom. The van der Waals surface area contributed by atoms with Crippen LogP contribution in [0.1, 0.15) is 24.0 Å². The molecule has 1 aliphatic rings. The molecule has 0 spiro atoms. The van der Waals surface area contributed by atoms with Crippen LogP contribution in [0.15, 0.2) is 41.4 Å². The van der Waals surface area contributed by atoms with Gasteiger partial charge in [-0.05, 0) is 56.0 Å². The second-order valence-corrected chi connectivity index (χ2v) is 7.62. The van der Waals surface area contributed by atoms with E-state index in [1.807, 2.05) is 25.1 Å². The molecule has 6 heteroatoms. The highest BCUT2D eigenvalue weighted by molar-refractivity contribution is 7.92. The standard InChI is InChI=1S/C17H21N3O2S/c1-13-5-6-14(2)16(11-13)23(21,22)19-15-7-8-17(18-12-15)20-9-3-4-10-20/h5-8,11-12,19H,3-4,9-10H2,1-2H3. The maximum absolute atomic E-state index is 12.6. The number of aryl methyl sites for hydroxylation is 2. The van der Waals surface area contributed by atoms with Crippen LogP contribution >= 0.6 is 0 Å². The molecule has 23 heavy (non-hydrogen) atoms. The van der Waals surface area contributed by atoms with Crippen LogP contribution in [-0.2, 0) is 10.0 Å². The van der Waals surface area contributed by atoms with Gasteiger partial charge in [0.25, 0.3) is 10.0 Å². The van der Waals surface area contributed by atoms with E-state index in [2.05, 4.69) is 14.6 Å². The Hall–Kier alpha value is -2.08. The van der Waals surface area contributed by atoms with Crippen molar-refractivity contribution < 1.29 is 8.42 Å².